The van der Waals surface area contributed by atoms with E-state index >= 15 is 0 Å². The lowest BCUT2D eigenvalue weighted by molar-refractivity contribution is 0.0696. The Labute approximate surface area is 129 Å². The number of hydrogen-bond donors (Lipinski definition) is 3. The summed E-state index contributed by atoms with van der Waals surface area (Å²) in [5.74, 6) is -1.38. The van der Waals surface area contributed by atoms with Crippen molar-refractivity contribution in [3.63, 3.8) is 0 Å². The van der Waals surface area contributed by atoms with E-state index in [-0.39, 0.29) is 11.5 Å². The van der Waals surface area contributed by atoms with Crippen LogP contribution in [0, 0.1) is 6.92 Å². The number of hydrogen-bond acceptors (Lipinski definition) is 3. The van der Waals surface area contributed by atoms with Crippen LogP contribution in [-0.2, 0) is 0 Å². The molecule has 4 N–H and O–H groups in total. The van der Waals surface area contributed by atoms with E-state index in [0.717, 1.165) is 5.56 Å². The van der Waals surface area contributed by atoms with Gasteiger partial charge in [0.1, 0.15) is 0 Å². The molecule has 0 atom stereocenters. The lowest BCUT2D eigenvalue weighted by atomic mass is 10.1. The van der Waals surface area contributed by atoms with Gasteiger partial charge in [0.15, 0.2) is 0 Å². The topological polar surface area (TPSA) is 92.4 Å². The van der Waals surface area contributed by atoms with Crippen molar-refractivity contribution in [2.75, 3.05) is 11.1 Å². The Morgan fingerprint density at radius 3 is 2.52 bits per heavy atom. The largest absolute Gasteiger partial charge is 0.478 e. The van der Waals surface area contributed by atoms with Crippen molar-refractivity contribution in [1.82, 2.24) is 0 Å². The number of carboxylic acid groups (broad SMARTS) is 1. The predicted octanol–water partition coefficient (Wildman–Crippen LogP) is 3.29. The standard InChI is InChI=1S/C15H13BrN2O3/c1-8-2-4-12(17)10(6-8)14(19)18-13-5-3-9(15(20)21)7-11(13)16/h2-7H,17H2,1H3,(H,18,19)(H,20,21). The molecular formula is C15H13BrN2O3. The molecule has 21 heavy (non-hydrogen) atoms. The number of anilines is 2. The van der Waals surface area contributed by atoms with Crippen molar-refractivity contribution in [1.29, 1.82) is 0 Å². The average molecular weight is 349 g/mol. The highest BCUT2D eigenvalue weighted by Gasteiger charge is 2.13. The zero-order chi connectivity index (χ0) is 15.6. The molecule has 2 aromatic carbocycles. The minimum atomic E-state index is -1.03. The third-order valence-corrected chi connectivity index (χ3v) is 3.57. The first-order valence-corrected chi connectivity index (χ1v) is 6.88. The van der Waals surface area contributed by atoms with Gasteiger partial charge < -0.3 is 16.2 Å². The molecule has 0 heterocycles. The van der Waals surface area contributed by atoms with Gasteiger partial charge in [0, 0.05) is 10.2 Å². The van der Waals surface area contributed by atoms with Gasteiger partial charge >= 0.3 is 5.97 Å². The van der Waals surface area contributed by atoms with Gasteiger partial charge in [-0.05, 0) is 53.2 Å². The highest BCUT2D eigenvalue weighted by Crippen LogP contribution is 2.25. The minimum absolute atomic E-state index is 0.134. The Morgan fingerprint density at radius 2 is 1.90 bits per heavy atom. The second-order valence-electron chi connectivity index (χ2n) is 4.54. The number of carbonyl (C=O) groups excluding carboxylic acids is 1. The predicted molar refractivity (Wildman–Crippen MR) is 84.6 cm³/mol. The van der Waals surface area contributed by atoms with Gasteiger partial charge in [0.05, 0.1) is 16.8 Å². The van der Waals surface area contributed by atoms with Crippen LogP contribution in [0.4, 0.5) is 11.4 Å². The van der Waals surface area contributed by atoms with Crippen LogP contribution >= 0.6 is 15.9 Å². The molecule has 108 valence electrons. The van der Waals surface area contributed by atoms with E-state index in [1.807, 2.05) is 13.0 Å². The molecule has 0 aliphatic carbocycles. The van der Waals surface area contributed by atoms with Gasteiger partial charge in [-0.15, -0.1) is 0 Å². The smallest absolute Gasteiger partial charge is 0.335 e. The summed E-state index contributed by atoms with van der Waals surface area (Å²) in [6.45, 7) is 1.87. The van der Waals surface area contributed by atoms with Crippen molar-refractivity contribution in [3.8, 4) is 0 Å². The summed E-state index contributed by atoms with van der Waals surface area (Å²) < 4.78 is 0.488. The quantitative estimate of drug-likeness (QED) is 0.742. The highest BCUT2D eigenvalue weighted by molar-refractivity contribution is 9.10. The number of nitrogen functional groups attached to an aromatic ring is 1. The molecule has 0 saturated carbocycles. The first-order chi connectivity index (χ1) is 9.88. The molecule has 0 bridgehead atoms. The second kappa shape index (κ2) is 5.97. The number of aromatic carboxylic acids is 1. The van der Waals surface area contributed by atoms with E-state index in [0.29, 0.717) is 21.4 Å². The zero-order valence-electron chi connectivity index (χ0n) is 11.2. The van der Waals surface area contributed by atoms with Crippen LogP contribution in [-0.4, -0.2) is 17.0 Å². The molecule has 0 aliphatic heterocycles. The minimum Gasteiger partial charge on any atom is -0.478 e. The molecule has 0 saturated heterocycles. The fourth-order valence-corrected chi connectivity index (χ4v) is 2.28. The Kier molecular flexibility index (Phi) is 4.28. The fraction of sp³-hybridized carbons (Fsp3) is 0.0667. The summed E-state index contributed by atoms with van der Waals surface area (Å²) in [5.41, 5.74) is 8.10. The molecule has 2 aromatic rings. The molecule has 1 amide bonds. The molecule has 0 aromatic heterocycles. The highest BCUT2D eigenvalue weighted by atomic mass is 79.9. The average Bonchev–Trinajstić information content (AvgIpc) is 2.43. The first-order valence-electron chi connectivity index (χ1n) is 6.09. The number of carboxylic acids is 1. The maximum Gasteiger partial charge on any atom is 0.335 e. The molecule has 0 spiro atoms. The summed E-state index contributed by atoms with van der Waals surface area (Å²) in [6.07, 6.45) is 0. The van der Waals surface area contributed by atoms with Crippen LogP contribution in [0.5, 0.6) is 0 Å². The third-order valence-electron chi connectivity index (χ3n) is 2.92. The van der Waals surface area contributed by atoms with Crippen molar-refractivity contribution >= 4 is 39.2 Å². The zero-order valence-corrected chi connectivity index (χ0v) is 12.8. The van der Waals surface area contributed by atoms with Crippen molar-refractivity contribution in [3.05, 3.63) is 57.6 Å². The lowest BCUT2D eigenvalue weighted by Crippen LogP contribution is -2.14. The molecule has 5 nitrogen and oxygen atoms in total. The van der Waals surface area contributed by atoms with Crippen LogP contribution in [0.25, 0.3) is 0 Å². The molecule has 2 rings (SSSR count). The van der Waals surface area contributed by atoms with Gasteiger partial charge in [0.2, 0.25) is 0 Å². The van der Waals surface area contributed by atoms with Crippen LogP contribution in [0.15, 0.2) is 40.9 Å². The van der Waals surface area contributed by atoms with Crippen LogP contribution in [0.2, 0.25) is 0 Å². The molecule has 6 heteroatoms. The van der Waals surface area contributed by atoms with E-state index in [2.05, 4.69) is 21.2 Å². The molecular weight excluding hydrogens is 336 g/mol. The Hall–Kier alpha value is -2.34. The number of aryl methyl sites for hydroxylation is 1. The normalized spacial score (nSPS) is 10.2. The van der Waals surface area contributed by atoms with Crippen LogP contribution < -0.4 is 11.1 Å². The molecule has 0 unspecified atom stereocenters. The summed E-state index contributed by atoms with van der Waals surface area (Å²) >= 11 is 3.24. The fourth-order valence-electron chi connectivity index (χ4n) is 1.81. The van der Waals surface area contributed by atoms with E-state index in [9.17, 15) is 9.59 Å². The summed E-state index contributed by atoms with van der Waals surface area (Å²) in [5, 5.41) is 11.6. The van der Waals surface area contributed by atoms with Gasteiger partial charge in [-0.2, -0.15) is 0 Å². The first kappa shape index (κ1) is 15.1. The molecule has 0 radical (unpaired) electrons. The SMILES string of the molecule is Cc1ccc(N)c(C(=O)Nc2ccc(C(=O)O)cc2Br)c1. The van der Waals surface area contributed by atoms with Crippen LogP contribution in [0.3, 0.4) is 0 Å². The monoisotopic (exact) mass is 348 g/mol. The second-order valence-corrected chi connectivity index (χ2v) is 5.40. The Morgan fingerprint density at radius 1 is 1.19 bits per heavy atom. The molecule has 0 fully saturated rings. The van der Waals surface area contributed by atoms with Gasteiger partial charge in [-0.1, -0.05) is 11.6 Å². The molecule has 0 aliphatic rings. The Bertz CT molecular complexity index is 729. The van der Waals surface area contributed by atoms with Crippen molar-refractivity contribution in [2.24, 2.45) is 0 Å². The number of benzene rings is 2. The number of rotatable bonds is 3. The van der Waals surface area contributed by atoms with Gasteiger partial charge in [0.25, 0.3) is 5.91 Å². The maximum absolute atomic E-state index is 12.2. The third kappa shape index (κ3) is 3.41. The van der Waals surface area contributed by atoms with Gasteiger partial charge in [-0.3, -0.25) is 4.79 Å². The Balaban J connectivity index is 2.27. The number of halogens is 1. The lowest BCUT2D eigenvalue weighted by Gasteiger charge is -2.10. The number of nitrogens with one attached hydrogen (secondary N) is 1. The van der Waals surface area contributed by atoms with Gasteiger partial charge in [-0.25, -0.2) is 4.79 Å². The number of amides is 1. The van der Waals surface area contributed by atoms with E-state index in [1.165, 1.54) is 18.2 Å². The van der Waals surface area contributed by atoms with Crippen molar-refractivity contribution in [2.45, 2.75) is 6.92 Å². The van der Waals surface area contributed by atoms with E-state index in [1.54, 1.807) is 12.1 Å². The summed E-state index contributed by atoms with van der Waals surface area (Å²) in [4.78, 5) is 23.1. The van der Waals surface area contributed by atoms with Crippen LogP contribution in [0.1, 0.15) is 26.3 Å². The summed E-state index contributed by atoms with van der Waals surface area (Å²) in [6, 6.07) is 9.57. The summed E-state index contributed by atoms with van der Waals surface area (Å²) in [7, 11) is 0. The van der Waals surface area contributed by atoms with Crippen molar-refractivity contribution < 1.29 is 14.7 Å². The number of nitrogens with two attached hydrogens (primary N) is 1. The maximum atomic E-state index is 12.2. The number of carbonyl (C=O) groups is 2. The van der Waals surface area contributed by atoms with E-state index in [4.69, 9.17) is 10.8 Å². The van der Waals surface area contributed by atoms with E-state index < -0.39 is 5.97 Å².